The van der Waals surface area contributed by atoms with Gasteiger partial charge in [-0.05, 0) is 62.3 Å². The van der Waals surface area contributed by atoms with E-state index in [4.69, 9.17) is 0 Å². The number of sulfonamides is 1. The number of nitrogens with zero attached hydrogens (tertiary/aromatic N) is 1. The van der Waals surface area contributed by atoms with Crippen molar-refractivity contribution >= 4 is 15.9 Å². The molecule has 2 atom stereocenters. The van der Waals surface area contributed by atoms with Gasteiger partial charge in [0.05, 0.1) is 4.90 Å². The lowest BCUT2D eigenvalue weighted by Crippen LogP contribution is -2.46. The van der Waals surface area contributed by atoms with Gasteiger partial charge >= 0.3 is 0 Å². The van der Waals surface area contributed by atoms with Crippen LogP contribution in [0.15, 0.2) is 29.2 Å². The van der Waals surface area contributed by atoms with E-state index in [-0.39, 0.29) is 22.8 Å². The normalized spacial score (nSPS) is 24.4. The molecule has 156 valence electrons. The third-order valence-corrected chi connectivity index (χ3v) is 8.10. The molecule has 1 saturated carbocycles. The van der Waals surface area contributed by atoms with Crippen molar-refractivity contribution in [1.29, 1.82) is 0 Å². The lowest BCUT2D eigenvalue weighted by molar-refractivity contribution is -0.127. The van der Waals surface area contributed by atoms with Crippen LogP contribution in [0.5, 0.6) is 0 Å². The van der Waals surface area contributed by atoms with Gasteiger partial charge in [0.15, 0.2) is 0 Å². The molecule has 2 unspecified atom stereocenters. The van der Waals surface area contributed by atoms with Gasteiger partial charge in [-0.3, -0.25) is 4.79 Å². The Labute approximate surface area is 167 Å². The number of carbonyl (C=O) groups excluding carboxylic acids is 1. The number of halogens is 1. The summed E-state index contributed by atoms with van der Waals surface area (Å²) in [7, 11) is -3.63. The van der Waals surface area contributed by atoms with E-state index >= 15 is 0 Å². The van der Waals surface area contributed by atoms with Gasteiger partial charge in [-0.2, -0.15) is 4.31 Å². The zero-order chi connectivity index (χ0) is 20.1. The lowest BCUT2D eigenvalue weighted by atomic mass is 9.94. The molecular formula is C21H31FN2O3S. The Morgan fingerprint density at radius 1 is 1.14 bits per heavy atom. The Hall–Kier alpha value is -1.47. The van der Waals surface area contributed by atoms with Crippen LogP contribution in [0.1, 0.15) is 58.3 Å². The number of unbranched alkanes of at least 4 members (excludes halogenated alkanes) is 1. The second kappa shape index (κ2) is 9.35. The Morgan fingerprint density at radius 2 is 1.82 bits per heavy atom. The monoisotopic (exact) mass is 410 g/mol. The van der Waals surface area contributed by atoms with E-state index < -0.39 is 15.8 Å². The molecule has 1 aromatic rings. The fraction of sp³-hybridized carbons (Fsp3) is 0.667. The van der Waals surface area contributed by atoms with Crippen molar-refractivity contribution in [2.75, 3.05) is 13.1 Å². The van der Waals surface area contributed by atoms with E-state index in [1.165, 1.54) is 48.5 Å². The van der Waals surface area contributed by atoms with E-state index in [2.05, 4.69) is 12.2 Å². The number of carbonyl (C=O) groups is 1. The quantitative estimate of drug-likeness (QED) is 0.745. The molecule has 0 radical (unpaired) electrons. The maximum atomic E-state index is 13.1. The minimum atomic E-state index is -3.63. The molecule has 3 rings (SSSR count). The van der Waals surface area contributed by atoms with Crippen LogP contribution in [-0.4, -0.2) is 37.8 Å². The summed E-state index contributed by atoms with van der Waals surface area (Å²) >= 11 is 0. The smallest absolute Gasteiger partial charge is 0.243 e. The molecule has 7 heteroatoms. The van der Waals surface area contributed by atoms with Crippen LogP contribution >= 0.6 is 0 Å². The van der Waals surface area contributed by atoms with Gasteiger partial charge in [0, 0.05) is 25.0 Å². The number of rotatable bonds is 7. The van der Waals surface area contributed by atoms with Crippen molar-refractivity contribution in [2.45, 2.75) is 69.2 Å². The molecule has 1 saturated heterocycles. The van der Waals surface area contributed by atoms with Gasteiger partial charge in [-0.1, -0.05) is 26.2 Å². The minimum Gasteiger partial charge on any atom is -0.353 e. The molecule has 1 aliphatic heterocycles. The SMILES string of the molecule is CCCCC1CCCC1NC(=O)C1CCN(S(=O)(=O)c2ccc(F)cc2)CC1. The first-order chi connectivity index (χ1) is 13.4. The molecule has 5 nitrogen and oxygen atoms in total. The first-order valence-corrected chi connectivity index (χ1v) is 11.9. The average molecular weight is 411 g/mol. The summed E-state index contributed by atoms with van der Waals surface area (Å²) in [5.74, 6) is 0.0700. The topological polar surface area (TPSA) is 66.5 Å². The summed E-state index contributed by atoms with van der Waals surface area (Å²) in [6.45, 7) is 2.83. The predicted molar refractivity (Wildman–Crippen MR) is 107 cm³/mol. The molecule has 28 heavy (non-hydrogen) atoms. The van der Waals surface area contributed by atoms with Crippen LogP contribution in [0.3, 0.4) is 0 Å². The maximum Gasteiger partial charge on any atom is 0.243 e. The van der Waals surface area contributed by atoms with Crippen molar-refractivity contribution in [3.8, 4) is 0 Å². The fourth-order valence-electron chi connectivity index (χ4n) is 4.45. The number of hydrogen-bond donors (Lipinski definition) is 1. The van der Waals surface area contributed by atoms with E-state index in [1.54, 1.807) is 0 Å². The van der Waals surface area contributed by atoms with Crippen LogP contribution in [0.2, 0.25) is 0 Å². The molecule has 1 N–H and O–H groups in total. The molecular weight excluding hydrogens is 379 g/mol. The van der Waals surface area contributed by atoms with Gasteiger partial charge in [0.2, 0.25) is 15.9 Å². The highest BCUT2D eigenvalue weighted by atomic mass is 32.2. The van der Waals surface area contributed by atoms with Crippen LogP contribution in [0.4, 0.5) is 4.39 Å². The van der Waals surface area contributed by atoms with Crippen LogP contribution in [-0.2, 0) is 14.8 Å². The largest absolute Gasteiger partial charge is 0.353 e. The Bertz CT molecular complexity index is 758. The Morgan fingerprint density at radius 3 is 2.46 bits per heavy atom. The first kappa shape index (κ1) is 21.2. The molecule has 2 aliphatic rings. The second-order valence-electron chi connectivity index (χ2n) is 8.08. The van der Waals surface area contributed by atoms with Gasteiger partial charge < -0.3 is 5.32 Å². The maximum absolute atomic E-state index is 13.1. The standard InChI is InChI=1S/C21H31FN2O3S/c1-2-3-5-16-6-4-7-20(16)23-21(25)17-12-14-24(15-13-17)28(26,27)19-10-8-18(22)9-11-19/h8-11,16-17,20H,2-7,12-15H2,1H3,(H,23,25). The molecule has 1 heterocycles. The zero-order valence-electron chi connectivity index (χ0n) is 16.6. The summed E-state index contributed by atoms with van der Waals surface area (Å²) < 4.78 is 39.9. The first-order valence-electron chi connectivity index (χ1n) is 10.5. The van der Waals surface area contributed by atoms with E-state index in [1.807, 2.05) is 0 Å². The lowest BCUT2D eigenvalue weighted by Gasteiger charge is -2.32. The van der Waals surface area contributed by atoms with Crippen molar-refractivity contribution < 1.29 is 17.6 Å². The highest BCUT2D eigenvalue weighted by Gasteiger charge is 2.34. The summed E-state index contributed by atoms with van der Waals surface area (Å²) in [5, 5.41) is 3.25. The Balaban J connectivity index is 1.53. The van der Waals surface area contributed by atoms with Crippen molar-refractivity contribution in [3.05, 3.63) is 30.1 Å². The molecule has 2 fully saturated rings. The number of amides is 1. The van der Waals surface area contributed by atoms with Crippen molar-refractivity contribution in [1.82, 2.24) is 9.62 Å². The minimum absolute atomic E-state index is 0.0761. The third kappa shape index (κ3) is 4.92. The molecule has 0 aromatic heterocycles. The van der Waals surface area contributed by atoms with E-state index in [9.17, 15) is 17.6 Å². The molecule has 0 spiro atoms. The van der Waals surface area contributed by atoms with Gasteiger partial charge in [-0.15, -0.1) is 0 Å². The van der Waals surface area contributed by atoms with Gasteiger partial charge in [-0.25, -0.2) is 12.8 Å². The van der Waals surface area contributed by atoms with Crippen LogP contribution < -0.4 is 5.32 Å². The van der Waals surface area contributed by atoms with Crippen molar-refractivity contribution in [2.24, 2.45) is 11.8 Å². The summed E-state index contributed by atoms with van der Waals surface area (Å²) in [4.78, 5) is 12.8. The zero-order valence-corrected chi connectivity index (χ0v) is 17.4. The summed E-state index contributed by atoms with van der Waals surface area (Å²) in [6.07, 6.45) is 8.03. The molecule has 1 aliphatic carbocycles. The summed E-state index contributed by atoms with van der Waals surface area (Å²) in [6, 6.07) is 5.17. The molecule has 0 bridgehead atoms. The van der Waals surface area contributed by atoms with Crippen LogP contribution in [0.25, 0.3) is 0 Å². The fourth-order valence-corrected chi connectivity index (χ4v) is 5.92. The van der Waals surface area contributed by atoms with E-state index in [0.717, 1.165) is 18.6 Å². The number of piperidine rings is 1. The van der Waals surface area contributed by atoms with E-state index in [0.29, 0.717) is 31.8 Å². The third-order valence-electron chi connectivity index (χ3n) is 6.19. The Kier molecular flexibility index (Phi) is 7.10. The number of hydrogen-bond acceptors (Lipinski definition) is 3. The summed E-state index contributed by atoms with van der Waals surface area (Å²) in [5.41, 5.74) is 0. The average Bonchev–Trinajstić information content (AvgIpc) is 3.13. The second-order valence-corrected chi connectivity index (χ2v) is 10.0. The number of benzene rings is 1. The highest BCUT2D eigenvalue weighted by Crippen LogP contribution is 2.31. The highest BCUT2D eigenvalue weighted by molar-refractivity contribution is 7.89. The van der Waals surface area contributed by atoms with Crippen molar-refractivity contribution in [3.63, 3.8) is 0 Å². The number of nitrogens with one attached hydrogen (secondary N) is 1. The van der Waals surface area contributed by atoms with Gasteiger partial charge in [0.25, 0.3) is 0 Å². The molecule has 1 aromatic carbocycles. The van der Waals surface area contributed by atoms with Crippen LogP contribution in [0, 0.1) is 17.7 Å². The molecule has 1 amide bonds. The predicted octanol–water partition coefficient (Wildman–Crippen LogP) is 3.70. The van der Waals surface area contributed by atoms with Gasteiger partial charge in [0.1, 0.15) is 5.82 Å².